The zero-order valence-electron chi connectivity index (χ0n) is 8.87. The van der Waals surface area contributed by atoms with Gasteiger partial charge in [0, 0.05) is 12.8 Å². The molecule has 2 heteroatoms. The van der Waals surface area contributed by atoms with E-state index in [2.05, 4.69) is 20.8 Å². The van der Waals surface area contributed by atoms with Crippen molar-refractivity contribution in [2.45, 2.75) is 58.8 Å². The molecular weight excluding hydrogens is 170 g/mol. The Balaban J connectivity index is 2.63. The summed E-state index contributed by atoms with van der Waals surface area (Å²) in [4.78, 5) is 0. The van der Waals surface area contributed by atoms with Crippen molar-refractivity contribution < 1.29 is 8.78 Å². The van der Waals surface area contributed by atoms with Gasteiger partial charge in [0.2, 0.25) is 5.92 Å². The third-order valence-corrected chi connectivity index (χ3v) is 3.75. The lowest BCUT2D eigenvalue weighted by Crippen LogP contribution is -2.23. The predicted octanol–water partition coefficient (Wildman–Crippen LogP) is 4.25. The monoisotopic (exact) mass is 190 g/mol. The van der Waals surface area contributed by atoms with Gasteiger partial charge < -0.3 is 0 Å². The third kappa shape index (κ3) is 2.65. The lowest BCUT2D eigenvalue weighted by Gasteiger charge is -2.32. The van der Waals surface area contributed by atoms with Crippen LogP contribution in [0.1, 0.15) is 52.9 Å². The van der Waals surface area contributed by atoms with Crippen LogP contribution in [0.2, 0.25) is 0 Å². The van der Waals surface area contributed by atoms with Crippen LogP contribution in [-0.2, 0) is 0 Å². The Morgan fingerprint density at radius 1 is 1.00 bits per heavy atom. The molecule has 1 aliphatic rings. The first-order valence-corrected chi connectivity index (χ1v) is 5.24. The average Bonchev–Trinajstić information content (AvgIpc) is 2.12. The van der Waals surface area contributed by atoms with Gasteiger partial charge in [0.05, 0.1) is 0 Å². The summed E-state index contributed by atoms with van der Waals surface area (Å²) in [6.45, 7) is 6.44. The molecule has 0 N–H and O–H groups in total. The van der Waals surface area contributed by atoms with E-state index >= 15 is 0 Å². The summed E-state index contributed by atoms with van der Waals surface area (Å²) in [5, 5.41) is 0. The summed E-state index contributed by atoms with van der Waals surface area (Å²) in [6, 6.07) is 0. The van der Waals surface area contributed by atoms with Crippen molar-refractivity contribution in [3.8, 4) is 0 Å². The average molecular weight is 190 g/mol. The molecule has 0 heterocycles. The molecule has 0 amide bonds. The van der Waals surface area contributed by atoms with Crippen LogP contribution in [0.5, 0.6) is 0 Å². The smallest absolute Gasteiger partial charge is 0.207 e. The molecule has 1 rings (SSSR count). The van der Waals surface area contributed by atoms with E-state index in [0.717, 1.165) is 6.42 Å². The fourth-order valence-corrected chi connectivity index (χ4v) is 2.05. The van der Waals surface area contributed by atoms with Gasteiger partial charge in [-0.2, -0.15) is 0 Å². The molecule has 1 aliphatic carbocycles. The SMILES string of the molecule is CC(C)C1(C)CCCC(F)(F)CC1. The Morgan fingerprint density at radius 2 is 1.62 bits per heavy atom. The van der Waals surface area contributed by atoms with E-state index in [4.69, 9.17) is 0 Å². The molecule has 1 fully saturated rings. The number of alkyl halides is 2. The largest absolute Gasteiger partial charge is 0.248 e. The van der Waals surface area contributed by atoms with E-state index in [9.17, 15) is 8.78 Å². The molecular formula is C11H20F2. The standard InChI is InChI=1S/C11H20F2/c1-9(2)10(3)5-4-6-11(12,13)8-7-10/h9H,4-8H2,1-3H3. The molecule has 0 aromatic heterocycles. The van der Waals surface area contributed by atoms with Gasteiger partial charge in [0.1, 0.15) is 0 Å². The maximum absolute atomic E-state index is 13.1. The van der Waals surface area contributed by atoms with Gasteiger partial charge in [-0.25, -0.2) is 8.78 Å². The lowest BCUT2D eigenvalue weighted by molar-refractivity contribution is -0.0178. The Morgan fingerprint density at radius 3 is 2.15 bits per heavy atom. The predicted molar refractivity (Wildman–Crippen MR) is 51.0 cm³/mol. The normalized spacial score (nSPS) is 34.6. The first-order chi connectivity index (χ1) is 5.86. The van der Waals surface area contributed by atoms with E-state index in [1.165, 1.54) is 0 Å². The second kappa shape index (κ2) is 3.55. The van der Waals surface area contributed by atoms with E-state index in [1.807, 2.05) is 0 Å². The molecule has 0 nitrogen and oxygen atoms in total. The molecule has 0 saturated heterocycles. The lowest BCUT2D eigenvalue weighted by atomic mass is 9.73. The van der Waals surface area contributed by atoms with Crippen LogP contribution in [0, 0.1) is 11.3 Å². The molecule has 0 aliphatic heterocycles. The maximum Gasteiger partial charge on any atom is 0.248 e. The molecule has 1 saturated carbocycles. The molecule has 13 heavy (non-hydrogen) atoms. The minimum Gasteiger partial charge on any atom is -0.207 e. The van der Waals surface area contributed by atoms with E-state index in [0.29, 0.717) is 18.8 Å². The van der Waals surface area contributed by atoms with Crippen LogP contribution >= 0.6 is 0 Å². The molecule has 1 atom stereocenters. The Bertz CT molecular complexity index is 175. The van der Waals surface area contributed by atoms with Crippen molar-refractivity contribution in [3.63, 3.8) is 0 Å². The molecule has 1 unspecified atom stereocenters. The first-order valence-electron chi connectivity index (χ1n) is 5.24. The van der Waals surface area contributed by atoms with Crippen LogP contribution in [0.4, 0.5) is 8.78 Å². The Labute approximate surface area is 79.7 Å². The van der Waals surface area contributed by atoms with Crippen LogP contribution in [-0.4, -0.2) is 5.92 Å². The third-order valence-electron chi connectivity index (χ3n) is 3.75. The summed E-state index contributed by atoms with van der Waals surface area (Å²) in [5.74, 6) is -1.88. The maximum atomic E-state index is 13.1. The molecule has 0 bridgehead atoms. The highest BCUT2D eigenvalue weighted by molar-refractivity contribution is 4.84. The first kappa shape index (κ1) is 10.9. The number of hydrogen-bond donors (Lipinski definition) is 0. The van der Waals surface area contributed by atoms with Gasteiger partial charge in [-0.15, -0.1) is 0 Å². The minimum atomic E-state index is -2.40. The van der Waals surface area contributed by atoms with Crippen LogP contribution < -0.4 is 0 Å². The molecule has 78 valence electrons. The fourth-order valence-electron chi connectivity index (χ4n) is 2.05. The Kier molecular flexibility index (Phi) is 2.98. The van der Waals surface area contributed by atoms with E-state index in [1.54, 1.807) is 0 Å². The minimum absolute atomic E-state index is 0.0850. The van der Waals surface area contributed by atoms with Crippen molar-refractivity contribution in [1.29, 1.82) is 0 Å². The summed E-state index contributed by atoms with van der Waals surface area (Å²) in [6.07, 6.45) is 2.50. The van der Waals surface area contributed by atoms with Gasteiger partial charge in [-0.1, -0.05) is 20.8 Å². The highest BCUT2D eigenvalue weighted by Crippen LogP contribution is 2.44. The van der Waals surface area contributed by atoms with E-state index < -0.39 is 5.92 Å². The quantitative estimate of drug-likeness (QED) is 0.542. The van der Waals surface area contributed by atoms with Crippen molar-refractivity contribution in [1.82, 2.24) is 0 Å². The van der Waals surface area contributed by atoms with Crippen molar-refractivity contribution in [2.75, 3.05) is 0 Å². The zero-order valence-corrected chi connectivity index (χ0v) is 8.87. The molecule has 0 aromatic carbocycles. The summed E-state index contributed by atoms with van der Waals surface area (Å²) in [5.41, 5.74) is 0.139. The van der Waals surface area contributed by atoms with Gasteiger partial charge >= 0.3 is 0 Å². The molecule has 0 aromatic rings. The molecule has 0 spiro atoms. The summed E-state index contributed by atoms with van der Waals surface area (Å²) >= 11 is 0. The van der Waals surface area contributed by atoms with Gasteiger partial charge in [-0.05, 0) is 30.6 Å². The summed E-state index contributed by atoms with van der Waals surface area (Å²) < 4.78 is 26.1. The van der Waals surface area contributed by atoms with Crippen LogP contribution in [0.25, 0.3) is 0 Å². The number of halogens is 2. The highest BCUT2D eigenvalue weighted by atomic mass is 19.3. The van der Waals surface area contributed by atoms with Crippen LogP contribution in [0.3, 0.4) is 0 Å². The Hall–Kier alpha value is -0.140. The topological polar surface area (TPSA) is 0 Å². The van der Waals surface area contributed by atoms with Crippen LogP contribution in [0.15, 0.2) is 0 Å². The van der Waals surface area contributed by atoms with Gasteiger partial charge in [-0.3, -0.25) is 0 Å². The fraction of sp³-hybridized carbons (Fsp3) is 1.00. The zero-order chi connectivity index (χ0) is 10.1. The second-order valence-electron chi connectivity index (χ2n) is 5.02. The summed E-state index contributed by atoms with van der Waals surface area (Å²) in [7, 11) is 0. The number of rotatable bonds is 1. The van der Waals surface area contributed by atoms with Crippen molar-refractivity contribution in [3.05, 3.63) is 0 Å². The van der Waals surface area contributed by atoms with Gasteiger partial charge in [0.25, 0.3) is 0 Å². The molecule has 0 radical (unpaired) electrons. The van der Waals surface area contributed by atoms with Crippen molar-refractivity contribution in [2.24, 2.45) is 11.3 Å². The van der Waals surface area contributed by atoms with Crippen molar-refractivity contribution >= 4 is 0 Å². The number of hydrogen-bond acceptors (Lipinski definition) is 0. The second-order valence-corrected chi connectivity index (χ2v) is 5.02. The van der Waals surface area contributed by atoms with Gasteiger partial charge in [0.15, 0.2) is 0 Å². The highest BCUT2D eigenvalue weighted by Gasteiger charge is 2.38. The van der Waals surface area contributed by atoms with E-state index in [-0.39, 0.29) is 18.3 Å².